The second kappa shape index (κ2) is 6.07. The van der Waals surface area contributed by atoms with Gasteiger partial charge in [-0.15, -0.1) is 0 Å². The summed E-state index contributed by atoms with van der Waals surface area (Å²) in [7, 11) is 0. The maximum absolute atomic E-state index is 12.2. The number of anilines is 1. The lowest BCUT2D eigenvalue weighted by molar-refractivity contribution is -0.144. The summed E-state index contributed by atoms with van der Waals surface area (Å²) in [5.41, 5.74) is 1.78. The molecule has 108 valence electrons. The molecule has 0 aromatic heterocycles. The molecule has 1 fully saturated rings. The Balaban J connectivity index is 1.98. The second-order valence-electron chi connectivity index (χ2n) is 5.98. The Bertz CT molecular complexity index is 486. The van der Waals surface area contributed by atoms with Crippen LogP contribution >= 0.6 is 0 Å². The molecule has 0 saturated carbocycles. The van der Waals surface area contributed by atoms with E-state index in [9.17, 15) is 9.59 Å². The molecular weight excluding hydrogens is 252 g/mol. The SMILES string of the molecule is Cc1ccc(NC(=O)C(=O)N2CC(C)CC(C)C2)cc1. The van der Waals surface area contributed by atoms with Crippen LogP contribution in [0.25, 0.3) is 0 Å². The van der Waals surface area contributed by atoms with Gasteiger partial charge in [-0.1, -0.05) is 31.5 Å². The number of rotatable bonds is 1. The summed E-state index contributed by atoms with van der Waals surface area (Å²) in [6.07, 6.45) is 1.11. The van der Waals surface area contributed by atoms with Crippen LogP contribution in [0.15, 0.2) is 24.3 Å². The molecule has 4 nitrogen and oxygen atoms in total. The van der Waals surface area contributed by atoms with Gasteiger partial charge in [-0.2, -0.15) is 0 Å². The van der Waals surface area contributed by atoms with E-state index in [0.717, 1.165) is 12.0 Å². The third-order valence-electron chi connectivity index (χ3n) is 3.66. The van der Waals surface area contributed by atoms with Crippen molar-refractivity contribution in [2.45, 2.75) is 27.2 Å². The summed E-state index contributed by atoms with van der Waals surface area (Å²) in [5.74, 6) is -0.0659. The number of nitrogens with one attached hydrogen (secondary N) is 1. The highest BCUT2D eigenvalue weighted by Crippen LogP contribution is 2.21. The molecule has 1 aromatic carbocycles. The summed E-state index contributed by atoms with van der Waals surface area (Å²) >= 11 is 0. The first-order chi connectivity index (χ1) is 9.45. The van der Waals surface area contributed by atoms with Crippen LogP contribution in [0.2, 0.25) is 0 Å². The molecule has 1 N–H and O–H groups in total. The molecule has 1 aliphatic heterocycles. The van der Waals surface area contributed by atoms with Crippen molar-refractivity contribution in [1.29, 1.82) is 0 Å². The number of benzene rings is 1. The average molecular weight is 274 g/mol. The molecule has 1 saturated heterocycles. The fraction of sp³-hybridized carbons (Fsp3) is 0.500. The predicted molar refractivity (Wildman–Crippen MR) is 79.3 cm³/mol. The second-order valence-corrected chi connectivity index (χ2v) is 5.98. The minimum atomic E-state index is -0.546. The zero-order chi connectivity index (χ0) is 14.7. The smallest absolute Gasteiger partial charge is 0.313 e. The van der Waals surface area contributed by atoms with Crippen molar-refractivity contribution in [3.63, 3.8) is 0 Å². The number of piperidine rings is 1. The monoisotopic (exact) mass is 274 g/mol. The molecule has 20 heavy (non-hydrogen) atoms. The van der Waals surface area contributed by atoms with Crippen LogP contribution in [0.5, 0.6) is 0 Å². The lowest BCUT2D eigenvalue weighted by Gasteiger charge is -2.34. The maximum atomic E-state index is 12.2. The summed E-state index contributed by atoms with van der Waals surface area (Å²) in [6, 6.07) is 7.43. The Kier molecular flexibility index (Phi) is 4.42. The zero-order valence-corrected chi connectivity index (χ0v) is 12.3. The van der Waals surface area contributed by atoms with Crippen molar-refractivity contribution in [2.24, 2.45) is 11.8 Å². The highest BCUT2D eigenvalue weighted by molar-refractivity contribution is 6.39. The van der Waals surface area contributed by atoms with Gasteiger partial charge in [0.15, 0.2) is 0 Å². The van der Waals surface area contributed by atoms with E-state index in [1.807, 2.05) is 31.2 Å². The Labute approximate surface area is 120 Å². The normalized spacial score (nSPS) is 22.4. The van der Waals surface area contributed by atoms with Crippen LogP contribution in [0.4, 0.5) is 5.69 Å². The van der Waals surface area contributed by atoms with Crippen LogP contribution in [-0.2, 0) is 9.59 Å². The summed E-state index contributed by atoms with van der Waals surface area (Å²) in [4.78, 5) is 25.9. The lowest BCUT2D eigenvalue weighted by Crippen LogP contribution is -2.47. The van der Waals surface area contributed by atoms with Crippen molar-refractivity contribution >= 4 is 17.5 Å². The Hall–Kier alpha value is -1.84. The molecule has 0 bridgehead atoms. The van der Waals surface area contributed by atoms with Gasteiger partial charge in [0.2, 0.25) is 0 Å². The van der Waals surface area contributed by atoms with Crippen LogP contribution in [0, 0.1) is 18.8 Å². The number of hydrogen-bond donors (Lipinski definition) is 1. The number of amides is 2. The van der Waals surface area contributed by atoms with E-state index >= 15 is 0 Å². The molecule has 1 heterocycles. The Morgan fingerprint density at radius 2 is 1.65 bits per heavy atom. The van der Waals surface area contributed by atoms with Gasteiger partial charge < -0.3 is 10.2 Å². The van der Waals surface area contributed by atoms with Crippen molar-refractivity contribution in [3.8, 4) is 0 Å². The molecule has 2 unspecified atom stereocenters. The molecule has 0 radical (unpaired) electrons. The molecule has 2 amide bonds. The molecule has 2 atom stereocenters. The van der Waals surface area contributed by atoms with Gasteiger partial charge in [0.1, 0.15) is 0 Å². The average Bonchev–Trinajstić information content (AvgIpc) is 2.39. The molecule has 0 aliphatic carbocycles. The molecular formula is C16H22N2O2. The van der Waals surface area contributed by atoms with Gasteiger partial charge >= 0.3 is 11.8 Å². The van der Waals surface area contributed by atoms with E-state index in [0.29, 0.717) is 30.6 Å². The van der Waals surface area contributed by atoms with E-state index < -0.39 is 11.8 Å². The van der Waals surface area contributed by atoms with Crippen LogP contribution in [0.1, 0.15) is 25.8 Å². The number of hydrogen-bond acceptors (Lipinski definition) is 2. The highest BCUT2D eigenvalue weighted by atomic mass is 16.2. The first kappa shape index (κ1) is 14.6. The topological polar surface area (TPSA) is 49.4 Å². The maximum Gasteiger partial charge on any atom is 0.313 e. The van der Waals surface area contributed by atoms with Crippen LogP contribution < -0.4 is 5.32 Å². The Morgan fingerprint density at radius 1 is 1.10 bits per heavy atom. The van der Waals surface area contributed by atoms with E-state index in [2.05, 4.69) is 19.2 Å². The summed E-state index contributed by atoms with van der Waals surface area (Å²) in [5, 5.41) is 2.67. The molecule has 1 aliphatic rings. The third kappa shape index (κ3) is 3.59. The summed E-state index contributed by atoms with van der Waals surface area (Å²) < 4.78 is 0. The predicted octanol–water partition coefficient (Wildman–Crippen LogP) is 2.44. The fourth-order valence-electron chi connectivity index (χ4n) is 2.79. The number of carbonyl (C=O) groups is 2. The number of likely N-dealkylation sites (tertiary alicyclic amines) is 1. The standard InChI is InChI=1S/C16H22N2O2/c1-11-4-6-14(7-5-11)17-15(19)16(20)18-9-12(2)8-13(3)10-18/h4-7,12-13H,8-10H2,1-3H3,(H,17,19). The van der Waals surface area contributed by atoms with Gasteiger partial charge in [0.25, 0.3) is 0 Å². The van der Waals surface area contributed by atoms with E-state index in [1.165, 1.54) is 0 Å². The minimum Gasteiger partial charge on any atom is -0.334 e. The number of nitrogens with zero attached hydrogens (tertiary/aromatic N) is 1. The Morgan fingerprint density at radius 3 is 2.20 bits per heavy atom. The van der Waals surface area contributed by atoms with Crippen molar-refractivity contribution in [1.82, 2.24) is 4.90 Å². The molecule has 4 heteroatoms. The van der Waals surface area contributed by atoms with Gasteiger partial charge in [-0.3, -0.25) is 9.59 Å². The van der Waals surface area contributed by atoms with Gasteiger partial charge in [0, 0.05) is 18.8 Å². The van der Waals surface area contributed by atoms with Crippen LogP contribution in [-0.4, -0.2) is 29.8 Å². The molecule has 0 spiro atoms. The van der Waals surface area contributed by atoms with Gasteiger partial charge in [0.05, 0.1) is 0 Å². The number of aryl methyl sites for hydroxylation is 1. The van der Waals surface area contributed by atoms with Crippen molar-refractivity contribution < 1.29 is 9.59 Å². The zero-order valence-electron chi connectivity index (χ0n) is 12.3. The van der Waals surface area contributed by atoms with E-state index in [1.54, 1.807) is 4.90 Å². The minimum absolute atomic E-state index is 0.427. The van der Waals surface area contributed by atoms with Crippen LogP contribution in [0.3, 0.4) is 0 Å². The van der Waals surface area contributed by atoms with Gasteiger partial charge in [-0.05, 0) is 37.3 Å². The first-order valence-corrected chi connectivity index (χ1v) is 7.12. The largest absolute Gasteiger partial charge is 0.334 e. The van der Waals surface area contributed by atoms with Crippen molar-refractivity contribution in [2.75, 3.05) is 18.4 Å². The summed E-state index contributed by atoms with van der Waals surface area (Å²) in [6.45, 7) is 7.56. The van der Waals surface area contributed by atoms with Crippen molar-refractivity contribution in [3.05, 3.63) is 29.8 Å². The fourth-order valence-corrected chi connectivity index (χ4v) is 2.79. The molecule has 1 aromatic rings. The third-order valence-corrected chi connectivity index (χ3v) is 3.66. The quantitative estimate of drug-likeness (QED) is 0.800. The highest BCUT2D eigenvalue weighted by Gasteiger charge is 2.29. The lowest BCUT2D eigenvalue weighted by atomic mass is 9.92. The van der Waals surface area contributed by atoms with Gasteiger partial charge in [-0.25, -0.2) is 0 Å². The van der Waals surface area contributed by atoms with E-state index in [-0.39, 0.29) is 0 Å². The van der Waals surface area contributed by atoms with E-state index in [4.69, 9.17) is 0 Å². The molecule has 2 rings (SSSR count). The first-order valence-electron chi connectivity index (χ1n) is 7.12. The number of carbonyl (C=O) groups excluding carboxylic acids is 2.